The van der Waals surface area contributed by atoms with Crippen LogP contribution in [0.4, 0.5) is 5.69 Å². The number of hydrogen-bond acceptors (Lipinski definition) is 6. The van der Waals surface area contributed by atoms with Gasteiger partial charge >= 0.3 is 5.97 Å². The minimum absolute atomic E-state index is 0.180. The van der Waals surface area contributed by atoms with E-state index in [1.54, 1.807) is 24.3 Å². The van der Waals surface area contributed by atoms with Gasteiger partial charge < -0.3 is 14.0 Å². The van der Waals surface area contributed by atoms with Crippen molar-refractivity contribution in [3.05, 3.63) is 128 Å². The molecule has 1 heterocycles. The van der Waals surface area contributed by atoms with Crippen molar-refractivity contribution in [1.82, 2.24) is 9.55 Å². The lowest BCUT2D eigenvalue weighted by molar-refractivity contribution is -0.385. The molecule has 216 valence electrons. The number of carbonyl (C=O) groups excluding carboxylic acids is 1. The van der Waals surface area contributed by atoms with E-state index in [-0.39, 0.29) is 17.0 Å². The molecule has 0 amide bonds. The number of nitrogens with zero attached hydrogens (tertiary/aromatic N) is 3. The van der Waals surface area contributed by atoms with Crippen LogP contribution in [0, 0.1) is 10.1 Å². The van der Waals surface area contributed by atoms with E-state index in [1.165, 1.54) is 25.3 Å². The number of halogens is 2. The highest BCUT2D eigenvalue weighted by molar-refractivity contribution is 6.36. The molecule has 0 saturated carbocycles. The number of imidazole rings is 1. The first-order valence-electron chi connectivity index (χ1n) is 13.2. The third kappa shape index (κ3) is 6.77. The number of rotatable bonds is 9. The average molecular weight is 614 g/mol. The van der Waals surface area contributed by atoms with E-state index in [4.69, 9.17) is 32.9 Å². The number of hydrogen-bond donors (Lipinski definition) is 0. The summed E-state index contributed by atoms with van der Waals surface area (Å²) in [6, 6.07) is 24.8. The maximum Gasteiger partial charge on any atom is 0.345 e. The van der Waals surface area contributed by atoms with Crippen LogP contribution in [0.25, 0.3) is 34.5 Å². The molecule has 0 atom stereocenters. The van der Waals surface area contributed by atoms with E-state index in [1.807, 2.05) is 60.8 Å². The van der Waals surface area contributed by atoms with Gasteiger partial charge in [0.1, 0.15) is 22.9 Å². The molecule has 0 bridgehead atoms. The monoisotopic (exact) mass is 613 g/mol. The fraction of sp³-hybridized carbons (Fsp3) is 0.0909. The molecule has 0 radical (unpaired) electrons. The van der Waals surface area contributed by atoms with E-state index in [0.29, 0.717) is 15.8 Å². The average Bonchev–Trinajstić information content (AvgIpc) is 3.43. The highest BCUT2D eigenvalue weighted by Crippen LogP contribution is 2.32. The molecule has 1 aromatic heterocycles. The summed E-state index contributed by atoms with van der Waals surface area (Å²) >= 11 is 12.4. The van der Waals surface area contributed by atoms with Gasteiger partial charge in [-0.05, 0) is 66.1 Å². The van der Waals surface area contributed by atoms with Crippen LogP contribution in [0.2, 0.25) is 10.0 Å². The van der Waals surface area contributed by atoms with Crippen molar-refractivity contribution in [3.8, 4) is 33.9 Å². The zero-order chi connectivity index (χ0) is 30.5. The lowest BCUT2D eigenvalue weighted by Crippen LogP contribution is -2.05. The van der Waals surface area contributed by atoms with Crippen LogP contribution in [-0.4, -0.2) is 27.6 Å². The largest absolute Gasteiger partial charge is 0.465 e. The van der Waals surface area contributed by atoms with Gasteiger partial charge in [-0.3, -0.25) is 10.1 Å². The lowest BCUT2D eigenvalue weighted by Gasteiger charge is -2.09. The number of nitro benzene ring substituents is 1. The summed E-state index contributed by atoms with van der Waals surface area (Å²) in [5.74, 6) is 0.796. The summed E-state index contributed by atoms with van der Waals surface area (Å²) in [6.07, 6.45) is 5.96. The van der Waals surface area contributed by atoms with Crippen molar-refractivity contribution >= 4 is 47.0 Å². The Morgan fingerprint density at radius 3 is 2.23 bits per heavy atom. The van der Waals surface area contributed by atoms with Crippen molar-refractivity contribution < 1.29 is 19.2 Å². The smallest absolute Gasteiger partial charge is 0.345 e. The highest BCUT2D eigenvalue weighted by Gasteiger charge is 2.22. The fourth-order valence-corrected chi connectivity index (χ4v) is 4.97. The van der Waals surface area contributed by atoms with Gasteiger partial charge in [0.05, 0.1) is 22.7 Å². The molecule has 0 aliphatic carbocycles. The molecule has 5 rings (SSSR count). The van der Waals surface area contributed by atoms with Gasteiger partial charge in [-0.25, -0.2) is 9.78 Å². The third-order valence-corrected chi connectivity index (χ3v) is 7.23. The molecular formula is C33H25Cl2N3O5. The van der Waals surface area contributed by atoms with E-state index < -0.39 is 10.9 Å². The quantitative estimate of drug-likeness (QED) is 0.0933. The van der Waals surface area contributed by atoms with Gasteiger partial charge in [0.2, 0.25) is 0 Å². The van der Waals surface area contributed by atoms with Crippen LogP contribution in [0.5, 0.6) is 11.5 Å². The predicted octanol–water partition coefficient (Wildman–Crippen LogP) is 9.20. The van der Waals surface area contributed by atoms with Crippen LogP contribution in [0.3, 0.4) is 0 Å². The van der Waals surface area contributed by atoms with Gasteiger partial charge in [-0.1, -0.05) is 65.7 Å². The van der Waals surface area contributed by atoms with Crippen molar-refractivity contribution in [2.45, 2.75) is 13.5 Å². The van der Waals surface area contributed by atoms with Gasteiger partial charge in [0.25, 0.3) is 5.69 Å². The standard InChI is InChI=1S/C33H25Cl2N3O5/c1-3-37-20-30(27-15-11-24(34)18-29(27)35)36-32(37)17-6-21-4-7-22(8-5-21)23-9-12-25(13-10-23)43-26-14-16-31(38(40)41)28(19-26)33(39)42-2/h4-20H,3H2,1-2H3/b17-6+. The number of aryl methyl sites for hydroxylation is 1. The summed E-state index contributed by atoms with van der Waals surface area (Å²) in [5, 5.41) is 12.4. The molecule has 0 unspecified atom stereocenters. The normalized spacial score (nSPS) is 11.1. The predicted molar refractivity (Wildman–Crippen MR) is 169 cm³/mol. The van der Waals surface area contributed by atoms with E-state index in [9.17, 15) is 14.9 Å². The molecular weight excluding hydrogens is 589 g/mol. The van der Waals surface area contributed by atoms with Crippen molar-refractivity contribution in [2.75, 3.05) is 7.11 Å². The van der Waals surface area contributed by atoms with Crippen LogP contribution in [0.15, 0.2) is 91.1 Å². The maximum absolute atomic E-state index is 12.0. The summed E-state index contributed by atoms with van der Waals surface area (Å²) in [7, 11) is 1.17. The molecule has 0 fully saturated rings. The topological polar surface area (TPSA) is 96.5 Å². The Labute approximate surface area is 257 Å². The molecule has 0 aliphatic rings. The number of carbonyl (C=O) groups is 1. The molecule has 0 saturated heterocycles. The van der Waals surface area contributed by atoms with Crippen molar-refractivity contribution in [2.24, 2.45) is 0 Å². The maximum atomic E-state index is 12.0. The second kappa shape index (κ2) is 12.9. The second-order valence-corrected chi connectivity index (χ2v) is 10.2. The molecule has 0 aliphatic heterocycles. The number of methoxy groups -OCH3 is 1. The Balaban J connectivity index is 1.28. The number of esters is 1. The van der Waals surface area contributed by atoms with E-state index in [0.717, 1.165) is 40.3 Å². The van der Waals surface area contributed by atoms with Crippen LogP contribution < -0.4 is 4.74 Å². The summed E-state index contributed by atoms with van der Waals surface area (Å²) in [4.78, 5) is 27.4. The van der Waals surface area contributed by atoms with E-state index >= 15 is 0 Å². The fourth-order valence-electron chi connectivity index (χ4n) is 4.46. The Kier molecular flexibility index (Phi) is 8.90. The summed E-state index contributed by atoms with van der Waals surface area (Å²) < 4.78 is 12.6. The minimum atomic E-state index is -0.811. The lowest BCUT2D eigenvalue weighted by atomic mass is 10.0. The van der Waals surface area contributed by atoms with Gasteiger partial charge in [-0.2, -0.15) is 0 Å². The van der Waals surface area contributed by atoms with Crippen LogP contribution in [0.1, 0.15) is 28.7 Å². The highest BCUT2D eigenvalue weighted by atomic mass is 35.5. The number of aromatic nitrogens is 2. The zero-order valence-corrected chi connectivity index (χ0v) is 24.7. The third-order valence-electron chi connectivity index (χ3n) is 6.68. The van der Waals surface area contributed by atoms with Crippen LogP contribution in [-0.2, 0) is 11.3 Å². The Hall–Kier alpha value is -4.92. The first-order chi connectivity index (χ1) is 20.7. The molecule has 0 N–H and O–H groups in total. The minimum Gasteiger partial charge on any atom is -0.465 e. The molecule has 4 aromatic carbocycles. The Bertz CT molecular complexity index is 1830. The molecule has 5 aromatic rings. The van der Waals surface area contributed by atoms with E-state index in [2.05, 4.69) is 16.2 Å². The number of benzene rings is 4. The number of ether oxygens (including phenoxy) is 2. The molecule has 8 nitrogen and oxygen atoms in total. The first-order valence-corrected chi connectivity index (χ1v) is 14.0. The SMILES string of the molecule is CCn1cc(-c2ccc(Cl)cc2Cl)nc1/C=C/c1ccc(-c2ccc(Oc3ccc([N+](=O)[O-])c(C(=O)OC)c3)cc2)cc1. The Morgan fingerprint density at radius 1 is 0.930 bits per heavy atom. The molecule has 0 spiro atoms. The Morgan fingerprint density at radius 2 is 1.60 bits per heavy atom. The van der Waals surface area contributed by atoms with Crippen molar-refractivity contribution in [1.29, 1.82) is 0 Å². The first kappa shape index (κ1) is 29.6. The summed E-state index contributed by atoms with van der Waals surface area (Å²) in [6.45, 7) is 2.82. The summed E-state index contributed by atoms with van der Waals surface area (Å²) in [5.41, 5.74) is 4.09. The molecule has 10 heteroatoms. The second-order valence-electron chi connectivity index (χ2n) is 9.40. The van der Waals surface area contributed by atoms with Gasteiger partial charge in [-0.15, -0.1) is 0 Å². The molecule has 43 heavy (non-hydrogen) atoms. The number of nitro groups is 1. The van der Waals surface area contributed by atoms with Crippen LogP contribution >= 0.6 is 23.2 Å². The zero-order valence-electron chi connectivity index (χ0n) is 23.2. The van der Waals surface area contributed by atoms with Gasteiger partial charge in [0.15, 0.2) is 0 Å². The van der Waals surface area contributed by atoms with Gasteiger partial charge in [0, 0.05) is 35.5 Å². The van der Waals surface area contributed by atoms with Crippen molar-refractivity contribution in [3.63, 3.8) is 0 Å².